The first-order valence-electron chi connectivity index (χ1n) is 16.5. The van der Waals surface area contributed by atoms with E-state index in [1.54, 1.807) is 0 Å². The summed E-state index contributed by atoms with van der Waals surface area (Å²) in [4.78, 5) is 48.4. The van der Waals surface area contributed by atoms with E-state index in [0.717, 1.165) is 44.6 Å². The molecule has 0 saturated heterocycles. The van der Waals surface area contributed by atoms with Crippen molar-refractivity contribution in [3.05, 3.63) is 37.4 Å². The van der Waals surface area contributed by atoms with Gasteiger partial charge in [0.1, 0.15) is 11.1 Å². The van der Waals surface area contributed by atoms with Crippen LogP contribution in [0.3, 0.4) is 0 Å². The number of hydrogen-bond donors (Lipinski definition) is 0. The van der Waals surface area contributed by atoms with Gasteiger partial charge in [-0.3, -0.25) is 25.3 Å². The lowest BCUT2D eigenvalue weighted by atomic mass is 9.49. The van der Waals surface area contributed by atoms with Crippen LogP contribution in [0.5, 0.6) is 0 Å². The van der Waals surface area contributed by atoms with Crippen LogP contribution in [0.25, 0.3) is 0 Å². The fraction of sp³-hybridized carbons (Fsp3) is 0.750. The first kappa shape index (κ1) is 31.8. The van der Waals surface area contributed by atoms with Gasteiger partial charge in [0.2, 0.25) is 0 Å². The van der Waals surface area contributed by atoms with Crippen LogP contribution in [0.4, 0.5) is 11.4 Å². The summed E-state index contributed by atoms with van der Waals surface area (Å²) in [5, 5.41) is 38.4. The quantitative estimate of drug-likeness (QED) is 0.0763. The van der Waals surface area contributed by atoms with Crippen molar-refractivity contribution >= 4 is 35.4 Å². The van der Waals surface area contributed by atoms with E-state index in [-0.39, 0.29) is 36.1 Å². The fourth-order valence-electron chi connectivity index (χ4n) is 11.5. The zero-order valence-electron chi connectivity index (χ0n) is 25.6. The molecule has 0 spiro atoms. The average molecular weight is 660 g/mol. The van der Waals surface area contributed by atoms with Crippen LogP contribution in [-0.4, -0.2) is 35.0 Å². The number of hydrogen-bond acceptors (Lipinski definition) is 12. The van der Waals surface area contributed by atoms with E-state index in [2.05, 4.69) is 9.37 Å². The maximum atomic E-state index is 13.4. The van der Waals surface area contributed by atoms with E-state index in [1.807, 2.05) is 0 Å². The van der Waals surface area contributed by atoms with Gasteiger partial charge in [-0.15, -0.1) is 0 Å². The molecule has 0 amide bonds. The lowest BCUT2D eigenvalue weighted by Gasteiger charge is -2.57. The van der Waals surface area contributed by atoms with Gasteiger partial charge < -0.3 is 14.7 Å². The highest BCUT2D eigenvalue weighted by atomic mass is 32.2. The molecule has 1 aromatic carbocycles. The summed E-state index contributed by atoms with van der Waals surface area (Å²) in [6.45, 7) is 0.0409. The van der Waals surface area contributed by atoms with Gasteiger partial charge in [-0.2, -0.15) is 4.33 Å². The van der Waals surface area contributed by atoms with E-state index in [1.165, 1.54) is 38.5 Å². The third-order valence-corrected chi connectivity index (χ3v) is 12.9. The summed E-state index contributed by atoms with van der Waals surface area (Å²) in [5.74, 6) is 1.95. The summed E-state index contributed by atoms with van der Waals surface area (Å²) in [7, 11) is 0. The molecule has 8 saturated carbocycles. The molecule has 0 atom stereocenters. The molecule has 250 valence electrons. The summed E-state index contributed by atoms with van der Waals surface area (Å²) in [6, 6.07) is 0.804. The van der Waals surface area contributed by atoms with Crippen LogP contribution in [0, 0.1) is 66.6 Å². The van der Waals surface area contributed by atoms with Gasteiger partial charge in [-0.1, -0.05) is 0 Å². The number of esters is 2. The molecular formula is C32H39N2O11S-. The maximum absolute atomic E-state index is 13.4. The van der Waals surface area contributed by atoms with E-state index in [4.69, 9.17) is 9.47 Å². The molecule has 8 bridgehead atoms. The van der Waals surface area contributed by atoms with Crippen molar-refractivity contribution in [3.8, 4) is 0 Å². The molecule has 1 aromatic rings. The van der Waals surface area contributed by atoms with E-state index in [9.17, 15) is 35.1 Å². The van der Waals surface area contributed by atoms with Crippen molar-refractivity contribution in [2.24, 2.45) is 46.3 Å². The standard InChI is InChI=1S/C32H40N2O11S/c35-29(42-3-1-31-12-18-5-19(13-31)7-20(6-18)14-31)24-11-25(27(34(39)40)28(46-45-44-41)26(24)33(37)38)30(36)43-4-2-32-15-21-8-22(16-32)10-23(9-21)17-32/h11,18-23,41H,1-10,12-17H2/p-1. The second kappa shape index (κ2) is 12.3. The summed E-state index contributed by atoms with van der Waals surface area (Å²) >= 11 is -0.115. The minimum atomic E-state index is -1.10. The van der Waals surface area contributed by atoms with E-state index < -0.39 is 49.2 Å². The Morgan fingerprint density at radius 2 is 1.04 bits per heavy atom. The topological polar surface area (TPSA) is 180 Å². The first-order valence-corrected chi connectivity index (χ1v) is 17.3. The number of carbonyl (C=O) groups is 2. The van der Waals surface area contributed by atoms with Gasteiger partial charge in [0.25, 0.3) is 0 Å². The van der Waals surface area contributed by atoms with Gasteiger partial charge in [0.15, 0.2) is 4.90 Å². The molecule has 0 aromatic heterocycles. The fourth-order valence-corrected chi connectivity index (χ4v) is 12.1. The SMILES string of the molecule is O=C(OCCC12CC3CC(CC(C3)C1)C2)c1cc(C(=O)OCCC23CC4CC(CC(C4)C2)C3)c([N+](=O)[O-])c(SOO[O-])c1[N+](=O)[O-]. The molecular weight excluding hydrogens is 620 g/mol. The maximum Gasteiger partial charge on any atom is 0.345 e. The molecule has 0 N–H and O–H groups in total. The molecule has 13 nitrogen and oxygen atoms in total. The summed E-state index contributed by atoms with van der Waals surface area (Å²) in [6.07, 6.45) is 15.3. The second-order valence-corrected chi connectivity index (χ2v) is 16.0. The van der Waals surface area contributed by atoms with Crippen molar-refractivity contribution in [2.45, 2.75) is 94.8 Å². The smallest absolute Gasteiger partial charge is 0.345 e. The van der Waals surface area contributed by atoms with Gasteiger partial charge >= 0.3 is 23.3 Å². The third-order valence-electron chi connectivity index (χ3n) is 12.2. The number of benzene rings is 1. The van der Waals surface area contributed by atoms with E-state index >= 15 is 0 Å². The van der Waals surface area contributed by atoms with E-state index in [0.29, 0.717) is 48.3 Å². The Labute approximate surface area is 270 Å². The van der Waals surface area contributed by atoms with Gasteiger partial charge in [-0.25, -0.2) is 9.59 Å². The minimum Gasteiger partial charge on any atom is -0.691 e. The second-order valence-electron chi connectivity index (χ2n) is 15.3. The molecule has 0 aliphatic heterocycles. The number of ether oxygens (including phenoxy) is 2. The molecule has 0 unspecified atom stereocenters. The Balaban J connectivity index is 1.11. The predicted octanol–water partition coefficient (Wildman–Crippen LogP) is 6.26. The summed E-state index contributed by atoms with van der Waals surface area (Å²) in [5.41, 5.74) is -3.18. The van der Waals surface area contributed by atoms with Crippen LogP contribution >= 0.6 is 12.0 Å². The average Bonchev–Trinajstić information content (AvgIpc) is 2.97. The van der Waals surface area contributed by atoms with Crippen LogP contribution in [0.15, 0.2) is 11.0 Å². The number of nitro benzene ring substituents is 2. The van der Waals surface area contributed by atoms with Crippen LogP contribution < -0.4 is 5.26 Å². The molecule has 0 radical (unpaired) electrons. The number of nitrogens with zero attached hydrogens (tertiary/aromatic N) is 2. The minimum absolute atomic E-state index is 0.0205. The largest absolute Gasteiger partial charge is 0.691 e. The molecule has 8 fully saturated rings. The van der Waals surface area contributed by atoms with Gasteiger partial charge in [0, 0.05) is 0 Å². The first-order chi connectivity index (χ1) is 22.1. The number of nitro groups is 2. The van der Waals surface area contributed by atoms with Crippen LogP contribution in [0.2, 0.25) is 0 Å². The zero-order valence-corrected chi connectivity index (χ0v) is 26.5. The Kier molecular flexibility index (Phi) is 8.52. The molecule has 46 heavy (non-hydrogen) atoms. The van der Waals surface area contributed by atoms with Crippen molar-refractivity contribution < 1.29 is 43.5 Å². The van der Waals surface area contributed by atoms with Gasteiger partial charge in [-0.05, 0) is 142 Å². The summed E-state index contributed by atoms with van der Waals surface area (Å²) < 4.78 is 15.4. The molecule has 8 aliphatic carbocycles. The van der Waals surface area contributed by atoms with Gasteiger partial charge in [0.05, 0.1) is 35.1 Å². The molecule has 0 heterocycles. The molecule has 8 aliphatic rings. The Hall–Kier alpha value is -2.81. The molecule has 9 rings (SSSR count). The van der Waals surface area contributed by atoms with Crippen LogP contribution in [0.1, 0.15) is 111 Å². The highest BCUT2D eigenvalue weighted by molar-refractivity contribution is 7.94. The highest BCUT2D eigenvalue weighted by Gasteiger charge is 2.52. The van der Waals surface area contributed by atoms with Crippen molar-refractivity contribution in [1.82, 2.24) is 0 Å². The number of rotatable bonds is 13. The normalized spacial score (nSPS) is 34.9. The highest BCUT2D eigenvalue weighted by Crippen LogP contribution is 2.62. The van der Waals surface area contributed by atoms with Crippen LogP contribution in [-0.2, 0) is 18.8 Å². The Morgan fingerprint density at radius 3 is 1.35 bits per heavy atom. The zero-order chi connectivity index (χ0) is 32.2. The van der Waals surface area contributed by atoms with Crippen molar-refractivity contribution in [2.75, 3.05) is 13.2 Å². The Morgan fingerprint density at radius 1 is 0.696 bits per heavy atom. The molecule has 14 heteroatoms. The monoisotopic (exact) mass is 659 g/mol. The van der Waals surface area contributed by atoms with Crippen molar-refractivity contribution in [1.29, 1.82) is 0 Å². The Bertz CT molecular complexity index is 1260. The predicted molar refractivity (Wildman–Crippen MR) is 159 cm³/mol. The lowest BCUT2D eigenvalue weighted by Crippen LogP contribution is -2.46. The third kappa shape index (κ3) is 6.01. The lowest BCUT2D eigenvalue weighted by molar-refractivity contribution is -0.777. The van der Waals surface area contributed by atoms with Crippen molar-refractivity contribution in [3.63, 3.8) is 0 Å². The number of carbonyl (C=O) groups excluding carboxylic acids is 2.